The number of nitrogens with one attached hydrogen (secondary N) is 1. The van der Waals surface area contributed by atoms with Gasteiger partial charge in [0.2, 0.25) is 0 Å². The van der Waals surface area contributed by atoms with Crippen molar-refractivity contribution in [3.8, 4) is 0 Å². The van der Waals surface area contributed by atoms with Crippen LogP contribution in [0.5, 0.6) is 0 Å². The molecule has 1 N–H and O–H groups in total. The normalized spacial score (nSPS) is 28.0. The maximum atomic E-state index is 14.0. The van der Waals surface area contributed by atoms with E-state index < -0.39 is 0 Å². The monoisotopic (exact) mass is 250 g/mol. The van der Waals surface area contributed by atoms with Crippen LogP contribution in [-0.2, 0) is 0 Å². The summed E-state index contributed by atoms with van der Waals surface area (Å²) in [6.45, 7) is 4.60. The van der Waals surface area contributed by atoms with Gasteiger partial charge in [0.25, 0.3) is 0 Å². The standard InChI is InChI=1S/C13H19FN4/c1-9-12(14)13(17-8-16-9)18-6-4-11-10(7-18)3-2-5-15-11/h8,10-11,15H,2-7H2,1H3. The van der Waals surface area contributed by atoms with Gasteiger partial charge in [0, 0.05) is 19.1 Å². The van der Waals surface area contributed by atoms with E-state index in [0.717, 1.165) is 26.1 Å². The molecule has 1 aromatic rings. The average molecular weight is 250 g/mol. The van der Waals surface area contributed by atoms with Crippen LogP contribution in [0.15, 0.2) is 6.33 Å². The number of aromatic nitrogens is 2. The number of fused-ring (bicyclic) bond motifs is 1. The van der Waals surface area contributed by atoms with Gasteiger partial charge < -0.3 is 10.2 Å². The predicted molar refractivity (Wildman–Crippen MR) is 68.1 cm³/mol. The van der Waals surface area contributed by atoms with Crippen LogP contribution in [0, 0.1) is 18.7 Å². The quantitative estimate of drug-likeness (QED) is 0.820. The Hall–Kier alpha value is -1.23. The molecule has 1 aromatic heterocycles. The molecule has 5 heteroatoms. The lowest BCUT2D eigenvalue weighted by atomic mass is 9.85. The van der Waals surface area contributed by atoms with Gasteiger partial charge in [-0.15, -0.1) is 0 Å². The molecule has 2 saturated heterocycles. The molecule has 18 heavy (non-hydrogen) atoms. The van der Waals surface area contributed by atoms with Crippen molar-refractivity contribution in [1.29, 1.82) is 0 Å². The van der Waals surface area contributed by atoms with Gasteiger partial charge >= 0.3 is 0 Å². The molecule has 98 valence electrons. The van der Waals surface area contributed by atoms with Gasteiger partial charge in [0.1, 0.15) is 6.33 Å². The van der Waals surface area contributed by atoms with Gasteiger partial charge in [0.15, 0.2) is 11.6 Å². The third-order valence-corrected chi connectivity index (χ3v) is 4.14. The van der Waals surface area contributed by atoms with Crippen LogP contribution in [0.2, 0.25) is 0 Å². The Morgan fingerprint density at radius 3 is 3.17 bits per heavy atom. The molecule has 0 bridgehead atoms. The molecule has 0 radical (unpaired) electrons. The van der Waals surface area contributed by atoms with E-state index in [0.29, 0.717) is 23.5 Å². The number of halogens is 1. The Balaban J connectivity index is 1.79. The zero-order valence-corrected chi connectivity index (χ0v) is 10.7. The van der Waals surface area contributed by atoms with Crippen molar-refractivity contribution in [3.05, 3.63) is 17.8 Å². The Kier molecular flexibility index (Phi) is 3.16. The molecular weight excluding hydrogens is 231 g/mol. The van der Waals surface area contributed by atoms with Gasteiger partial charge in [0.05, 0.1) is 5.69 Å². The van der Waals surface area contributed by atoms with Crippen LogP contribution in [0.4, 0.5) is 10.2 Å². The molecule has 3 heterocycles. The molecule has 2 unspecified atom stereocenters. The predicted octanol–water partition coefficient (Wildman–Crippen LogP) is 1.50. The summed E-state index contributed by atoms with van der Waals surface area (Å²) in [7, 11) is 0. The fraction of sp³-hybridized carbons (Fsp3) is 0.692. The minimum absolute atomic E-state index is 0.264. The maximum Gasteiger partial charge on any atom is 0.186 e. The van der Waals surface area contributed by atoms with E-state index in [-0.39, 0.29) is 5.82 Å². The number of anilines is 1. The Bertz CT molecular complexity index is 437. The summed E-state index contributed by atoms with van der Waals surface area (Å²) in [5.74, 6) is 0.841. The lowest BCUT2D eigenvalue weighted by Crippen LogP contribution is -2.52. The smallest absolute Gasteiger partial charge is 0.186 e. The van der Waals surface area contributed by atoms with Crippen LogP contribution in [0.25, 0.3) is 0 Å². The van der Waals surface area contributed by atoms with E-state index in [4.69, 9.17) is 0 Å². The minimum atomic E-state index is -0.264. The molecule has 2 aliphatic heterocycles. The van der Waals surface area contributed by atoms with E-state index in [1.165, 1.54) is 19.2 Å². The highest BCUT2D eigenvalue weighted by molar-refractivity contribution is 5.41. The van der Waals surface area contributed by atoms with Gasteiger partial charge in [-0.1, -0.05) is 0 Å². The van der Waals surface area contributed by atoms with Gasteiger partial charge in [-0.25, -0.2) is 14.4 Å². The van der Waals surface area contributed by atoms with Crippen molar-refractivity contribution in [2.24, 2.45) is 5.92 Å². The van der Waals surface area contributed by atoms with Crippen molar-refractivity contribution in [3.63, 3.8) is 0 Å². The lowest BCUT2D eigenvalue weighted by Gasteiger charge is -2.42. The van der Waals surface area contributed by atoms with Crippen LogP contribution < -0.4 is 10.2 Å². The molecule has 2 aliphatic rings. The lowest BCUT2D eigenvalue weighted by molar-refractivity contribution is 0.243. The number of piperidine rings is 2. The average Bonchev–Trinajstić information content (AvgIpc) is 2.41. The van der Waals surface area contributed by atoms with Gasteiger partial charge in [-0.05, 0) is 38.6 Å². The van der Waals surface area contributed by atoms with Crippen molar-refractivity contribution in [1.82, 2.24) is 15.3 Å². The molecule has 4 nitrogen and oxygen atoms in total. The molecule has 0 saturated carbocycles. The number of nitrogens with zero attached hydrogens (tertiary/aromatic N) is 3. The number of rotatable bonds is 1. The van der Waals surface area contributed by atoms with E-state index >= 15 is 0 Å². The van der Waals surface area contributed by atoms with Gasteiger partial charge in [-0.3, -0.25) is 0 Å². The topological polar surface area (TPSA) is 41.1 Å². The first-order chi connectivity index (χ1) is 8.75. The zero-order valence-electron chi connectivity index (χ0n) is 10.7. The Morgan fingerprint density at radius 1 is 1.39 bits per heavy atom. The summed E-state index contributed by atoms with van der Waals surface area (Å²) in [6, 6.07) is 0.612. The summed E-state index contributed by atoms with van der Waals surface area (Å²) in [5, 5.41) is 3.57. The second kappa shape index (κ2) is 4.80. The molecule has 2 atom stereocenters. The zero-order chi connectivity index (χ0) is 12.5. The van der Waals surface area contributed by atoms with Crippen LogP contribution in [0.3, 0.4) is 0 Å². The summed E-state index contributed by atoms with van der Waals surface area (Å²) >= 11 is 0. The van der Waals surface area contributed by atoms with Crippen molar-refractivity contribution in [2.75, 3.05) is 24.5 Å². The summed E-state index contributed by atoms with van der Waals surface area (Å²) < 4.78 is 14.0. The van der Waals surface area contributed by atoms with E-state index in [2.05, 4.69) is 20.2 Å². The highest BCUT2D eigenvalue weighted by Gasteiger charge is 2.32. The van der Waals surface area contributed by atoms with Crippen molar-refractivity contribution >= 4 is 5.82 Å². The first-order valence-electron chi connectivity index (χ1n) is 6.71. The third-order valence-electron chi connectivity index (χ3n) is 4.14. The number of hydrogen-bond donors (Lipinski definition) is 1. The van der Waals surface area contributed by atoms with Crippen molar-refractivity contribution in [2.45, 2.75) is 32.2 Å². The van der Waals surface area contributed by atoms with Crippen molar-refractivity contribution < 1.29 is 4.39 Å². The minimum Gasteiger partial charge on any atom is -0.354 e. The highest BCUT2D eigenvalue weighted by atomic mass is 19.1. The SMILES string of the molecule is Cc1ncnc(N2CCC3NCCCC3C2)c1F. The number of hydrogen-bond acceptors (Lipinski definition) is 4. The van der Waals surface area contributed by atoms with E-state index in [1.54, 1.807) is 6.92 Å². The third kappa shape index (κ3) is 2.07. The fourth-order valence-electron chi connectivity index (χ4n) is 3.10. The molecule has 0 aliphatic carbocycles. The Morgan fingerprint density at radius 2 is 2.28 bits per heavy atom. The fourth-order valence-corrected chi connectivity index (χ4v) is 3.10. The van der Waals surface area contributed by atoms with Crippen LogP contribution in [0.1, 0.15) is 25.0 Å². The second-order valence-corrected chi connectivity index (χ2v) is 5.29. The van der Waals surface area contributed by atoms with E-state index in [1.807, 2.05) is 0 Å². The maximum absolute atomic E-state index is 14.0. The van der Waals surface area contributed by atoms with Gasteiger partial charge in [-0.2, -0.15) is 0 Å². The molecule has 3 rings (SSSR count). The summed E-state index contributed by atoms with van der Waals surface area (Å²) in [6.07, 6.45) is 4.99. The molecule has 0 spiro atoms. The molecule has 0 aromatic carbocycles. The first-order valence-corrected chi connectivity index (χ1v) is 6.71. The van der Waals surface area contributed by atoms with Crippen LogP contribution >= 0.6 is 0 Å². The summed E-state index contributed by atoms with van der Waals surface area (Å²) in [5.41, 5.74) is 0.434. The molecular formula is C13H19FN4. The highest BCUT2D eigenvalue weighted by Crippen LogP contribution is 2.28. The van der Waals surface area contributed by atoms with E-state index in [9.17, 15) is 4.39 Å². The van der Waals surface area contributed by atoms with Crippen LogP contribution in [-0.4, -0.2) is 35.6 Å². The summed E-state index contributed by atoms with van der Waals surface area (Å²) in [4.78, 5) is 10.1. The second-order valence-electron chi connectivity index (χ2n) is 5.29. The largest absolute Gasteiger partial charge is 0.354 e. The number of aryl methyl sites for hydroxylation is 1. The first kappa shape index (κ1) is 11.8. The Labute approximate surface area is 107 Å². The molecule has 0 amide bonds. The molecule has 2 fully saturated rings.